The number of aliphatic hydroxyl groups excluding tert-OH is 2. The van der Waals surface area contributed by atoms with Gasteiger partial charge in [0.2, 0.25) is 0 Å². The number of nitrogens with zero attached hydrogens (tertiary/aromatic N) is 1. The van der Waals surface area contributed by atoms with Crippen molar-refractivity contribution in [1.82, 2.24) is 4.90 Å². The van der Waals surface area contributed by atoms with Gasteiger partial charge in [-0.1, -0.05) is 36.4 Å². The molecule has 3 aromatic carbocycles. The van der Waals surface area contributed by atoms with Gasteiger partial charge in [-0.05, 0) is 72.2 Å². The van der Waals surface area contributed by atoms with Crippen molar-refractivity contribution in [3.63, 3.8) is 0 Å². The van der Waals surface area contributed by atoms with E-state index in [1.807, 2.05) is 56.6 Å². The number of ether oxygens (including phenoxy) is 1. The Morgan fingerprint density at radius 1 is 0.931 bits per heavy atom. The molecule has 0 aliphatic heterocycles. The topological polar surface area (TPSA) is 73.2 Å². The molecule has 3 aromatic rings. The smallest absolute Gasteiger partial charge is 0.119 e. The average Bonchev–Trinajstić information content (AvgIpc) is 2.73. The number of hydrogen-bond donors (Lipinski definition) is 3. The highest BCUT2D eigenvalue weighted by molar-refractivity contribution is 5.69. The zero-order valence-corrected chi connectivity index (χ0v) is 16.7. The van der Waals surface area contributed by atoms with Crippen molar-refractivity contribution >= 4 is 0 Å². The number of rotatable bonds is 8. The van der Waals surface area contributed by atoms with Crippen molar-refractivity contribution in [3.05, 3.63) is 83.4 Å². The van der Waals surface area contributed by atoms with Gasteiger partial charge in [0.05, 0.1) is 6.61 Å². The van der Waals surface area contributed by atoms with Gasteiger partial charge >= 0.3 is 0 Å². The zero-order valence-electron chi connectivity index (χ0n) is 16.7. The van der Waals surface area contributed by atoms with E-state index < -0.39 is 6.10 Å². The van der Waals surface area contributed by atoms with Crippen molar-refractivity contribution in [2.45, 2.75) is 12.7 Å². The lowest BCUT2D eigenvalue weighted by Gasteiger charge is -2.18. The van der Waals surface area contributed by atoms with E-state index in [4.69, 9.17) is 4.74 Å². The van der Waals surface area contributed by atoms with Gasteiger partial charge in [-0.15, -0.1) is 0 Å². The molecular weight excluding hydrogens is 366 g/mol. The summed E-state index contributed by atoms with van der Waals surface area (Å²) in [4.78, 5) is 2.05. The van der Waals surface area contributed by atoms with Crippen LogP contribution in [0.25, 0.3) is 11.1 Å². The second kappa shape index (κ2) is 9.56. The first-order chi connectivity index (χ1) is 14.0. The lowest BCUT2D eigenvalue weighted by Crippen LogP contribution is -2.19. The summed E-state index contributed by atoms with van der Waals surface area (Å²) in [6, 6.07) is 19.8. The Balaban J connectivity index is 1.87. The molecule has 0 radical (unpaired) electrons. The molecule has 1 unspecified atom stereocenters. The van der Waals surface area contributed by atoms with Crippen molar-refractivity contribution in [3.8, 4) is 22.6 Å². The number of phenolic OH excluding ortho intramolecular Hbond substituents is 1. The van der Waals surface area contributed by atoms with Crippen LogP contribution < -0.4 is 4.74 Å². The van der Waals surface area contributed by atoms with E-state index in [1.165, 1.54) is 0 Å². The lowest BCUT2D eigenvalue weighted by molar-refractivity contribution is 0.220. The van der Waals surface area contributed by atoms with Crippen LogP contribution in [-0.2, 0) is 6.61 Å². The fourth-order valence-electron chi connectivity index (χ4n) is 3.11. The molecule has 1 atom stereocenters. The normalized spacial score (nSPS) is 12.2. The predicted octanol–water partition coefficient (Wildman–Crippen LogP) is 3.57. The Morgan fingerprint density at radius 3 is 2.24 bits per heavy atom. The van der Waals surface area contributed by atoms with Crippen LogP contribution in [0, 0.1) is 0 Å². The fraction of sp³-hybridized carbons (Fsp3) is 0.250. The van der Waals surface area contributed by atoms with Crippen molar-refractivity contribution in [1.29, 1.82) is 0 Å². The third kappa shape index (κ3) is 5.35. The maximum atomic E-state index is 11.1. The van der Waals surface area contributed by atoms with Crippen molar-refractivity contribution in [2.24, 2.45) is 0 Å². The van der Waals surface area contributed by atoms with E-state index in [-0.39, 0.29) is 12.4 Å². The minimum Gasteiger partial charge on any atom is -0.508 e. The molecule has 0 bridgehead atoms. The SMILES string of the molecule is CN(C)CCOc1ccc(C(O)c2cc(CO)ccc2-c2ccc(O)cc2)cc1. The first-order valence-electron chi connectivity index (χ1n) is 9.56. The van der Waals surface area contributed by atoms with Crippen LogP contribution in [0.5, 0.6) is 11.5 Å². The molecular formula is C24H27NO4. The molecule has 29 heavy (non-hydrogen) atoms. The monoisotopic (exact) mass is 393 g/mol. The van der Waals surface area contributed by atoms with E-state index >= 15 is 0 Å². The van der Waals surface area contributed by atoms with Crippen LogP contribution in [0.15, 0.2) is 66.7 Å². The Morgan fingerprint density at radius 2 is 1.62 bits per heavy atom. The van der Waals surface area contributed by atoms with Gasteiger partial charge < -0.3 is 25.0 Å². The van der Waals surface area contributed by atoms with Crippen LogP contribution >= 0.6 is 0 Å². The molecule has 0 saturated heterocycles. The Bertz CT molecular complexity index is 921. The predicted molar refractivity (Wildman–Crippen MR) is 114 cm³/mol. The zero-order chi connectivity index (χ0) is 20.8. The lowest BCUT2D eigenvalue weighted by atomic mass is 9.91. The Labute approximate surface area is 171 Å². The number of aliphatic hydroxyl groups is 2. The molecule has 0 spiro atoms. The highest BCUT2D eigenvalue weighted by atomic mass is 16.5. The second-order valence-electron chi connectivity index (χ2n) is 7.25. The molecule has 0 heterocycles. The minimum atomic E-state index is -0.860. The largest absolute Gasteiger partial charge is 0.508 e. The Kier molecular flexibility index (Phi) is 6.88. The maximum absolute atomic E-state index is 11.1. The summed E-state index contributed by atoms with van der Waals surface area (Å²) < 4.78 is 5.72. The molecule has 0 aliphatic rings. The van der Waals surface area contributed by atoms with E-state index in [1.54, 1.807) is 24.3 Å². The van der Waals surface area contributed by atoms with Gasteiger partial charge in [-0.2, -0.15) is 0 Å². The van der Waals surface area contributed by atoms with E-state index in [9.17, 15) is 15.3 Å². The van der Waals surface area contributed by atoms with Gasteiger partial charge in [0.15, 0.2) is 0 Å². The third-order valence-electron chi connectivity index (χ3n) is 4.77. The Hall–Kier alpha value is -2.86. The summed E-state index contributed by atoms with van der Waals surface area (Å²) in [5.74, 6) is 0.943. The van der Waals surface area contributed by atoms with Gasteiger partial charge in [0.25, 0.3) is 0 Å². The van der Waals surface area contributed by atoms with Gasteiger partial charge in [-0.25, -0.2) is 0 Å². The summed E-state index contributed by atoms with van der Waals surface area (Å²) in [5, 5.41) is 30.2. The van der Waals surface area contributed by atoms with E-state index in [0.717, 1.165) is 34.5 Å². The van der Waals surface area contributed by atoms with Crippen LogP contribution in [0.2, 0.25) is 0 Å². The van der Waals surface area contributed by atoms with Gasteiger partial charge in [0.1, 0.15) is 24.2 Å². The first-order valence-corrected chi connectivity index (χ1v) is 9.56. The van der Waals surface area contributed by atoms with Gasteiger partial charge in [-0.3, -0.25) is 0 Å². The summed E-state index contributed by atoms with van der Waals surface area (Å²) in [5.41, 5.74) is 3.89. The summed E-state index contributed by atoms with van der Waals surface area (Å²) >= 11 is 0. The molecule has 3 rings (SSSR count). The number of benzene rings is 3. The van der Waals surface area contributed by atoms with Crippen LogP contribution in [0.4, 0.5) is 0 Å². The molecule has 0 saturated carbocycles. The first kappa shape index (κ1) is 20.9. The fourth-order valence-corrected chi connectivity index (χ4v) is 3.11. The molecule has 3 N–H and O–H groups in total. The molecule has 0 fully saturated rings. The number of aromatic hydroxyl groups is 1. The highest BCUT2D eigenvalue weighted by Crippen LogP contribution is 2.34. The molecule has 0 amide bonds. The summed E-state index contributed by atoms with van der Waals surface area (Å²) in [6.07, 6.45) is -0.860. The number of phenols is 1. The molecule has 5 nitrogen and oxygen atoms in total. The molecule has 152 valence electrons. The quantitative estimate of drug-likeness (QED) is 0.546. The summed E-state index contributed by atoms with van der Waals surface area (Å²) in [6.45, 7) is 1.32. The van der Waals surface area contributed by atoms with Crippen LogP contribution in [0.1, 0.15) is 22.8 Å². The van der Waals surface area contributed by atoms with Crippen LogP contribution in [-0.4, -0.2) is 47.5 Å². The highest BCUT2D eigenvalue weighted by Gasteiger charge is 2.17. The van der Waals surface area contributed by atoms with Crippen LogP contribution in [0.3, 0.4) is 0 Å². The second-order valence-corrected chi connectivity index (χ2v) is 7.25. The minimum absolute atomic E-state index is 0.103. The number of hydrogen-bond acceptors (Lipinski definition) is 5. The van der Waals surface area contributed by atoms with Crippen molar-refractivity contribution in [2.75, 3.05) is 27.2 Å². The molecule has 0 aromatic heterocycles. The average molecular weight is 393 g/mol. The molecule has 0 aliphatic carbocycles. The molecule has 5 heteroatoms. The summed E-state index contributed by atoms with van der Waals surface area (Å²) in [7, 11) is 3.99. The standard InChI is InChI=1S/C24H27NO4/c1-25(2)13-14-29-21-10-6-19(7-11-21)24(28)23-15-17(16-26)3-12-22(23)18-4-8-20(27)9-5-18/h3-12,15,24,26-28H,13-14,16H2,1-2H3. The van der Waals surface area contributed by atoms with E-state index in [0.29, 0.717) is 12.2 Å². The van der Waals surface area contributed by atoms with E-state index in [2.05, 4.69) is 4.90 Å². The maximum Gasteiger partial charge on any atom is 0.119 e. The number of likely N-dealkylation sites (N-methyl/N-ethyl adjacent to an activating group) is 1. The third-order valence-corrected chi connectivity index (χ3v) is 4.77. The van der Waals surface area contributed by atoms with Crippen molar-refractivity contribution < 1.29 is 20.1 Å². The van der Waals surface area contributed by atoms with Gasteiger partial charge in [0, 0.05) is 6.54 Å².